The van der Waals surface area contributed by atoms with Crippen LogP contribution in [0.3, 0.4) is 0 Å². The molecule has 0 radical (unpaired) electrons. The van der Waals surface area contributed by atoms with Crippen LogP contribution in [0.15, 0.2) is 12.3 Å². The molecule has 1 aromatic rings. The Balaban J connectivity index is 2.21. The maximum atomic E-state index is 12.8. The van der Waals surface area contributed by atoms with Gasteiger partial charge >= 0.3 is 0 Å². The van der Waals surface area contributed by atoms with Crippen LogP contribution in [0.1, 0.15) is 11.9 Å². The van der Waals surface area contributed by atoms with Gasteiger partial charge in [0.25, 0.3) is 0 Å². The molecule has 1 aromatic heterocycles. The highest BCUT2D eigenvalue weighted by molar-refractivity contribution is 5.01. The number of rotatable bonds is 1. The van der Waals surface area contributed by atoms with Gasteiger partial charge in [0.05, 0.1) is 6.61 Å². The number of aromatic nitrogens is 2. The maximum Gasteiger partial charge on any atom is 0.216 e. The molecular formula is C9H11FN2O4. The van der Waals surface area contributed by atoms with E-state index in [9.17, 15) is 19.7 Å². The summed E-state index contributed by atoms with van der Waals surface area (Å²) in [7, 11) is 0. The molecule has 1 fully saturated rings. The highest BCUT2D eigenvalue weighted by atomic mass is 19.1. The lowest BCUT2D eigenvalue weighted by atomic mass is 10.00. The van der Waals surface area contributed by atoms with E-state index in [0.717, 1.165) is 6.07 Å². The predicted molar refractivity (Wildman–Crippen MR) is 48.7 cm³/mol. The molecule has 0 spiro atoms. The van der Waals surface area contributed by atoms with E-state index in [1.807, 2.05) is 0 Å². The first-order valence-electron chi connectivity index (χ1n) is 4.74. The van der Waals surface area contributed by atoms with E-state index in [0.29, 0.717) is 0 Å². The number of aliphatic hydroxyl groups excluding tert-OH is 3. The first-order chi connectivity index (χ1) is 7.59. The first kappa shape index (κ1) is 11.3. The average Bonchev–Trinajstić information content (AvgIpc) is 2.26. The monoisotopic (exact) mass is 230 g/mol. The molecule has 88 valence electrons. The molecule has 1 saturated heterocycles. The van der Waals surface area contributed by atoms with Gasteiger partial charge in [-0.2, -0.15) is 4.39 Å². The molecule has 6 nitrogen and oxygen atoms in total. The van der Waals surface area contributed by atoms with Crippen molar-refractivity contribution < 1.29 is 24.4 Å². The smallest absolute Gasteiger partial charge is 0.216 e. The Labute approximate surface area is 90.4 Å². The normalized spacial score (nSPS) is 35.0. The van der Waals surface area contributed by atoms with Crippen molar-refractivity contribution in [2.45, 2.75) is 24.4 Å². The summed E-state index contributed by atoms with van der Waals surface area (Å²) in [5, 5.41) is 28.3. The lowest BCUT2D eigenvalue weighted by Gasteiger charge is -2.34. The summed E-state index contributed by atoms with van der Waals surface area (Å²) in [5.41, 5.74) is 0. The van der Waals surface area contributed by atoms with E-state index in [1.165, 1.54) is 6.20 Å². The first-order valence-corrected chi connectivity index (χ1v) is 4.74. The van der Waals surface area contributed by atoms with Gasteiger partial charge in [0, 0.05) is 12.3 Å². The van der Waals surface area contributed by atoms with Gasteiger partial charge in [-0.05, 0) is 0 Å². The SMILES string of the molecule is O[C@@H]1[C@H](O)COC(c2nccc(F)n2)[C@H]1O. The minimum atomic E-state index is -1.38. The van der Waals surface area contributed by atoms with Crippen LogP contribution in [-0.2, 0) is 4.74 Å². The molecule has 0 aliphatic carbocycles. The number of aliphatic hydroxyl groups is 3. The molecule has 1 aliphatic rings. The lowest BCUT2D eigenvalue weighted by Crippen LogP contribution is -2.49. The summed E-state index contributed by atoms with van der Waals surface area (Å²) in [5.74, 6) is -0.806. The Kier molecular flexibility index (Phi) is 3.10. The maximum absolute atomic E-state index is 12.8. The molecule has 1 unspecified atom stereocenters. The number of hydrogen-bond acceptors (Lipinski definition) is 6. The minimum Gasteiger partial charge on any atom is -0.388 e. The summed E-state index contributed by atoms with van der Waals surface area (Å²) in [6.07, 6.45) is -3.75. The van der Waals surface area contributed by atoms with Crippen LogP contribution in [0.25, 0.3) is 0 Å². The highest BCUT2D eigenvalue weighted by Crippen LogP contribution is 2.26. The molecule has 4 atom stereocenters. The van der Waals surface area contributed by atoms with E-state index in [4.69, 9.17) is 4.74 Å². The van der Waals surface area contributed by atoms with Crippen LogP contribution >= 0.6 is 0 Å². The van der Waals surface area contributed by atoms with Crippen molar-refractivity contribution in [3.63, 3.8) is 0 Å². The number of ether oxygens (including phenoxy) is 1. The van der Waals surface area contributed by atoms with E-state index < -0.39 is 30.4 Å². The number of hydrogen-bond donors (Lipinski definition) is 3. The van der Waals surface area contributed by atoms with Gasteiger partial charge in [-0.25, -0.2) is 9.97 Å². The second-order valence-electron chi connectivity index (χ2n) is 3.54. The third-order valence-electron chi connectivity index (χ3n) is 2.40. The molecule has 2 rings (SSSR count). The van der Waals surface area contributed by atoms with Crippen LogP contribution in [0.2, 0.25) is 0 Å². The molecule has 7 heteroatoms. The van der Waals surface area contributed by atoms with Crippen LogP contribution in [0.4, 0.5) is 4.39 Å². The predicted octanol–water partition coefficient (Wildman–Crippen LogP) is -1.23. The topological polar surface area (TPSA) is 95.7 Å². The fraction of sp³-hybridized carbons (Fsp3) is 0.556. The highest BCUT2D eigenvalue weighted by Gasteiger charge is 2.39. The van der Waals surface area contributed by atoms with Crippen molar-refractivity contribution in [1.82, 2.24) is 9.97 Å². The molecule has 1 aliphatic heterocycles. The van der Waals surface area contributed by atoms with Crippen LogP contribution in [-0.4, -0.2) is 50.2 Å². The van der Waals surface area contributed by atoms with Crippen molar-refractivity contribution >= 4 is 0 Å². The molecule has 0 saturated carbocycles. The molecule has 0 bridgehead atoms. The largest absolute Gasteiger partial charge is 0.388 e. The quantitative estimate of drug-likeness (QED) is 0.523. The standard InChI is InChI=1S/C9H11FN2O4/c10-5-1-2-11-9(12-5)8-7(15)6(14)4(13)3-16-8/h1-2,4,6-8,13-15H,3H2/t4-,6-,7+,8?/m1/s1. The molecule has 16 heavy (non-hydrogen) atoms. The second-order valence-corrected chi connectivity index (χ2v) is 3.54. The van der Waals surface area contributed by atoms with Crippen molar-refractivity contribution in [2.75, 3.05) is 6.61 Å². The van der Waals surface area contributed by atoms with Gasteiger partial charge in [0.2, 0.25) is 5.95 Å². The summed E-state index contributed by atoms with van der Waals surface area (Å²) < 4.78 is 17.9. The number of nitrogens with zero attached hydrogens (tertiary/aromatic N) is 2. The fourth-order valence-corrected chi connectivity index (χ4v) is 1.52. The third-order valence-corrected chi connectivity index (χ3v) is 2.40. The van der Waals surface area contributed by atoms with Gasteiger partial charge in [0.1, 0.15) is 24.4 Å². The zero-order valence-electron chi connectivity index (χ0n) is 8.19. The fourth-order valence-electron chi connectivity index (χ4n) is 1.52. The van der Waals surface area contributed by atoms with Crippen LogP contribution in [0.5, 0.6) is 0 Å². The lowest BCUT2D eigenvalue weighted by molar-refractivity contribution is -0.191. The summed E-state index contributed by atoms with van der Waals surface area (Å²) in [4.78, 5) is 7.20. The minimum absolute atomic E-state index is 0.0570. The van der Waals surface area contributed by atoms with E-state index in [2.05, 4.69) is 9.97 Å². The molecule has 2 heterocycles. The van der Waals surface area contributed by atoms with Crippen LogP contribution in [0, 0.1) is 5.95 Å². The van der Waals surface area contributed by atoms with E-state index in [1.54, 1.807) is 0 Å². The van der Waals surface area contributed by atoms with Gasteiger partial charge in [-0.3, -0.25) is 0 Å². The molecular weight excluding hydrogens is 219 g/mol. The van der Waals surface area contributed by atoms with E-state index >= 15 is 0 Å². The molecule has 3 N–H and O–H groups in total. The van der Waals surface area contributed by atoms with Crippen molar-refractivity contribution in [1.29, 1.82) is 0 Å². The van der Waals surface area contributed by atoms with Gasteiger partial charge < -0.3 is 20.1 Å². The van der Waals surface area contributed by atoms with Crippen molar-refractivity contribution in [2.24, 2.45) is 0 Å². The third kappa shape index (κ3) is 2.03. The van der Waals surface area contributed by atoms with Crippen molar-refractivity contribution in [3.05, 3.63) is 24.0 Å². The molecule has 0 aromatic carbocycles. The Morgan fingerprint density at radius 2 is 2.06 bits per heavy atom. The molecule has 0 amide bonds. The zero-order valence-corrected chi connectivity index (χ0v) is 8.19. The Bertz CT molecular complexity index is 378. The Hall–Kier alpha value is -1.15. The van der Waals surface area contributed by atoms with Crippen molar-refractivity contribution in [3.8, 4) is 0 Å². The number of halogens is 1. The van der Waals surface area contributed by atoms with E-state index in [-0.39, 0.29) is 12.4 Å². The summed E-state index contributed by atoms with van der Waals surface area (Å²) >= 11 is 0. The summed E-state index contributed by atoms with van der Waals surface area (Å²) in [6.45, 7) is -0.164. The van der Waals surface area contributed by atoms with Gasteiger partial charge in [-0.15, -0.1) is 0 Å². The Morgan fingerprint density at radius 3 is 2.75 bits per heavy atom. The summed E-state index contributed by atoms with van der Waals surface area (Å²) in [6, 6.07) is 1.06. The Morgan fingerprint density at radius 1 is 1.31 bits per heavy atom. The van der Waals surface area contributed by atoms with Gasteiger partial charge in [-0.1, -0.05) is 0 Å². The average molecular weight is 230 g/mol. The zero-order chi connectivity index (χ0) is 11.7. The van der Waals surface area contributed by atoms with Gasteiger partial charge in [0.15, 0.2) is 5.82 Å². The van der Waals surface area contributed by atoms with Crippen LogP contribution < -0.4 is 0 Å². The second kappa shape index (κ2) is 4.38.